The summed E-state index contributed by atoms with van der Waals surface area (Å²) in [4.78, 5) is 12.8. The molecular formula is C17H17ClLiO5P. The van der Waals surface area contributed by atoms with E-state index in [1.807, 2.05) is 0 Å². The molecule has 0 bridgehead atoms. The molecule has 128 valence electrons. The molecule has 2 aromatic carbocycles. The Morgan fingerprint density at radius 1 is 0.920 bits per heavy atom. The van der Waals surface area contributed by atoms with E-state index in [1.54, 1.807) is 37.4 Å². The summed E-state index contributed by atoms with van der Waals surface area (Å²) in [6.45, 7) is 0. The van der Waals surface area contributed by atoms with Gasteiger partial charge in [-0.15, -0.1) is 5.30 Å². The molecule has 2 rings (SSSR count). The smallest absolute Gasteiger partial charge is 0.499 e. The number of carbonyl (C=O) groups is 1. The van der Waals surface area contributed by atoms with Crippen LogP contribution in [0.15, 0.2) is 30.3 Å². The van der Waals surface area contributed by atoms with Crippen LogP contribution in [-0.2, 0) is 0 Å². The second-order valence-electron chi connectivity index (χ2n) is 4.61. The number of methoxy groups -OCH3 is 4. The molecule has 0 aromatic heterocycles. The number of benzene rings is 2. The van der Waals surface area contributed by atoms with Crippen LogP contribution in [0.25, 0.3) is 0 Å². The van der Waals surface area contributed by atoms with Crippen LogP contribution in [0.3, 0.4) is 0 Å². The van der Waals surface area contributed by atoms with Crippen molar-refractivity contribution in [2.45, 2.75) is 0 Å². The van der Waals surface area contributed by atoms with E-state index < -0.39 is 0 Å². The van der Waals surface area contributed by atoms with Crippen LogP contribution >= 0.6 is 20.2 Å². The van der Waals surface area contributed by atoms with Crippen molar-refractivity contribution >= 4 is 31.0 Å². The van der Waals surface area contributed by atoms with Crippen LogP contribution in [0, 0.1) is 0 Å². The van der Waals surface area contributed by atoms with E-state index >= 15 is 0 Å². The molecule has 0 atom stereocenters. The molecule has 0 heterocycles. The van der Waals surface area contributed by atoms with Gasteiger partial charge in [-0.2, -0.15) is 0 Å². The summed E-state index contributed by atoms with van der Waals surface area (Å²) in [5.74, 6) is 1.98. The van der Waals surface area contributed by atoms with Gasteiger partial charge in [-0.1, -0.05) is 17.7 Å². The second-order valence-corrected chi connectivity index (χ2v) is 6.10. The molecule has 2 aromatic rings. The fraction of sp³-hybridized carbons (Fsp3) is 0.235. The zero-order valence-electron chi connectivity index (χ0n) is 14.8. The Morgan fingerprint density at radius 3 is 1.96 bits per heavy atom. The summed E-state index contributed by atoms with van der Waals surface area (Å²) in [6, 6.07) is 8.46. The summed E-state index contributed by atoms with van der Waals surface area (Å²) in [5, 5.41) is 0.922. The molecule has 8 heteroatoms. The van der Waals surface area contributed by atoms with Gasteiger partial charge in [0.1, 0.15) is 11.5 Å². The van der Waals surface area contributed by atoms with E-state index in [-0.39, 0.29) is 24.4 Å². The monoisotopic (exact) mass is 374 g/mol. The molecule has 0 saturated carbocycles. The Labute approximate surface area is 165 Å². The van der Waals surface area contributed by atoms with Crippen LogP contribution in [0.4, 0.5) is 0 Å². The molecule has 0 aliphatic heterocycles. The van der Waals surface area contributed by atoms with Crippen molar-refractivity contribution < 1.29 is 42.6 Å². The molecule has 0 N–H and O–H groups in total. The molecule has 0 fully saturated rings. The fourth-order valence-corrected chi connectivity index (χ4v) is 3.53. The maximum atomic E-state index is 12.8. The van der Waals surface area contributed by atoms with Gasteiger partial charge < -0.3 is 32.3 Å². The van der Waals surface area contributed by atoms with Gasteiger partial charge in [0.25, 0.3) is 0 Å². The third kappa shape index (κ3) is 4.83. The molecule has 0 radical (unpaired) electrons. The van der Waals surface area contributed by atoms with Crippen LogP contribution < -0.4 is 43.1 Å². The van der Waals surface area contributed by atoms with Crippen molar-refractivity contribution in [3.8, 4) is 23.0 Å². The molecule has 25 heavy (non-hydrogen) atoms. The number of hydrogen-bond acceptors (Lipinski definition) is 5. The van der Waals surface area contributed by atoms with Crippen molar-refractivity contribution in [3.63, 3.8) is 0 Å². The number of rotatable bonds is 7. The third-order valence-electron chi connectivity index (χ3n) is 3.31. The summed E-state index contributed by atoms with van der Waals surface area (Å²) in [6.07, 6.45) is 0. The molecule has 0 aliphatic carbocycles. The molecular weight excluding hydrogens is 358 g/mol. The number of halogens is 1. The van der Waals surface area contributed by atoms with Crippen molar-refractivity contribution in [3.05, 3.63) is 40.9 Å². The number of hydrogen-bond donors (Lipinski definition) is 0. The molecule has 0 unspecified atom stereocenters. The topological polar surface area (TPSA) is 54.0 Å². The van der Waals surface area contributed by atoms with Crippen LogP contribution in [0.2, 0.25) is 5.02 Å². The standard InChI is InChI=1S/C17H17ClO5P.Li/c1-20-10-8-13(22-3)16(14(9-10)23-4)24-17(19)15-11(18)6-5-7-12(15)21-2;/h5-9H,1-4H3;/q-1;+1. The zero-order valence-corrected chi connectivity index (χ0v) is 16.4. The minimum Gasteiger partial charge on any atom is -0.499 e. The van der Waals surface area contributed by atoms with Gasteiger partial charge in [-0.05, 0) is 12.1 Å². The Hall–Kier alpha value is -1.37. The largest absolute Gasteiger partial charge is 1.00 e. The average Bonchev–Trinajstić information content (AvgIpc) is 2.61. The molecule has 0 spiro atoms. The van der Waals surface area contributed by atoms with E-state index in [1.165, 1.54) is 21.3 Å². The Kier molecular flexibility index (Phi) is 8.62. The average molecular weight is 375 g/mol. The zero-order chi connectivity index (χ0) is 17.7. The maximum Gasteiger partial charge on any atom is 1.00 e. The van der Waals surface area contributed by atoms with Crippen molar-refractivity contribution in [1.82, 2.24) is 0 Å². The normalized spacial score (nSPS) is 10.3. The van der Waals surface area contributed by atoms with Crippen LogP contribution in [0.1, 0.15) is 10.4 Å². The van der Waals surface area contributed by atoms with Gasteiger partial charge in [-0.3, -0.25) is 0 Å². The van der Waals surface area contributed by atoms with Gasteiger partial charge >= 0.3 is 18.9 Å². The van der Waals surface area contributed by atoms with Gasteiger partial charge in [0, 0.05) is 23.2 Å². The van der Waals surface area contributed by atoms with Crippen LogP contribution in [-0.4, -0.2) is 34.0 Å². The minimum atomic E-state index is -0.223. The first-order valence-corrected chi connectivity index (χ1v) is 8.21. The predicted molar refractivity (Wildman–Crippen MR) is 95.0 cm³/mol. The quantitative estimate of drug-likeness (QED) is 0.530. The predicted octanol–water partition coefficient (Wildman–Crippen LogP) is 0.790. The third-order valence-corrected chi connectivity index (χ3v) is 4.72. The Balaban J connectivity index is 0.00000312. The summed E-state index contributed by atoms with van der Waals surface area (Å²) in [5.41, 5.74) is 0.0995. The van der Waals surface area contributed by atoms with Gasteiger partial charge in [0.2, 0.25) is 0 Å². The van der Waals surface area contributed by atoms with Crippen molar-refractivity contribution in [2.75, 3.05) is 28.4 Å². The minimum absolute atomic E-state index is 0. The van der Waals surface area contributed by atoms with Gasteiger partial charge in [0.05, 0.1) is 45.0 Å². The summed E-state index contributed by atoms with van der Waals surface area (Å²) in [7, 11) is 6.44. The molecule has 0 aliphatic rings. The van der Waals surface area contributed by atoms with Crippen molar-refractivity contribution in [2.24, 2.45) is 0 Å². The SMILES string of the molecule is COc1cc(OC)c([P-]C(=O)c2c(Cl)cccc2OC)c(OC)c1.[Li+]. The van der Waals surface area contributed by atoms with E-state index in [0.29, 0.717) is 47.5 Å². The fourth-order valence-electron chi connectivity index (χ4n) is 2.14. The van der Waals surface area contributed by atoms with Gasteiger partial charge in [-0.25, -0.2) is 0 Å². The number of carbonyl (C=O) groups excluding carboxylic acids is 1. The van der Waals surface area contributed by atoms with Gasteiger partial charge in [0.15, 0.2) is 0 Å². The van der Waals surface area contributed by atoms with E-state index in [0.717, 1.165) is 0 Å². The molecule has 5 nitrogen and oxygen atoms in total. The second kappa shape index (κ2) is 9.94. The van der Waals surface area contributed by atoms with E-state index in [2.05, 4.69) is 0 Å². The van der Waals surface area contributed by atoms with Crippen molar-refractivity contribution in [1.29, 1.82) is 0 Å². The Bertz CT molecular complexity index is 729. The van der Waals surface area contributed by atoms with Crippen LogP contribution in [0.5, 0.6) is 23.0 Å². The maximum absolute atomic E-state index is 12.8. The summed E-state index contributed by atoms with van der Waals surface area (Å²) < 4.78 is 21.2. The molecule has 0 amide bonds. The first-order valence-electron chi connectivity index (χ1n) is 6.94. The van der Waals surface area contributed by atoms with E-state index in [9.17, 15) is 4.79 Å². The number of ether oxygens (including phenoxy) is 4. The summed E-state index contributed by atoms with van der Waals surface area (Å²) >= 11 is 6.18. The Morgan fingerprint density at radius 2 is 1.48 bits per heavy atom. The molecule has 0 saturated heterocycles. The van der Waals surface area contributed by atoms with E-state index in [4.69, 9.17) is 30.5 Å². The first-order chi connectivity index (χ1) is 11.5. The first kappa shape index (κ1) is 21.7.